The van der Waals surface area contributed by atoms with Gasteiger partial charge >= 0.3 is 0 Å². The highest BCUT2D eigenvalue weighted by atomic mass is 32.1. The van der Waals surface area contributed by atoms with Gasteiger partial charge in [-0.3, -0.25) is 0 Å². The quantitative estimate of drug-likeness (QED) is 0.671. The molecule has 0 atom stereocenters. The lowest BCUT2D eigenvalue weighted by Gasteiger charge is -2.02. The molecule has 0 spiro atoms. The molecule has 62 valence electrons. The van der Waals surface area contributed by atoms with Gasteiger partial charge in [0.25, 0.3) is 0 Å². The molecule has 1 heterocycles. The average Bonchev–Trinajstić information content (AvgIpc) is 2.49. The minimum absolute atomic E-state index is 0.566. The largest absolute Gasteiger partial charge is 0.138 e. The van der Waals surface area contributed by atoms with Crippen molar-refractivity contribution >= 4 is 21.7 Å². The van der Waals surface area contributed by atoms with E-state index in [1.54, 1.807) is 0 Å². The first kappa shape index (κ1) is 7.68. The van der Waals surface area contributed by atoms with Crippen LogP contribution in [0.15, 0.2) is 18.2 Å². The van der Waals surface area contributed by atoms with Crippen LogP contribution in [0, 0.1) is 0 Å². The van der Waals surface area contributed by atoms with Crippen LogP contribution in [0.5, 0.6) is 0 Å². The summed E-state index contributed by atoms with van der Waals surface area (Å²) in [5.74, 6) is 0.566. The van der Waals surface area contributed by atoms with Crippen molar-refractivity contribution < 1.29 is 0 Å². The van der Waals surface area contributed by atoms with E-state index in [9.17, 15) is 0 Å². The molecule has 1 aromatic heterocycles. The first-order valence-electron chi connectivity index (χ1n) is 3.99. The summed E-state index contributed by atoms with van der Waals surface area (Å²) in [7, 11) is 0. The Labute approximate surface area is 75.4 Å². The van der Waals surface area contributed by atoms with E-state index in [2.05, 4.69) is 41.6 Å². The minimum Gasteiger partial charge on any atom is -0.138 e. The maximum atomic E-state index is 4.03. The van der Waals surface area contributed by atoms with Crippen molar-refractivity contribution in [3.8, 4) is 0 Å². The molecule has 2 aromatic rings. The number of hydrogen-bond acceptors (Lipinski definition) is 3. The molecule has 2 rings (SSSR count). The van der Waals surface area contributed by atoms with Crippen molar-refractivity contribution in [2.45, 2.75) is 19.8 Å². The second kappa shape index (κ2) is 2.83. The van der Waals surface area contributed by atoms with Crippen LogP contribution >= 0.6 is 11.5 Å². The van der Waals surface area contributed by atoms with Crippen molar-refractivity contribution in [3.05, 3.63) is 23.8 Å². The highest BCUT2D eigenvalue weighted by Crippen LogP contribution is 2.21. The first-order valence-corrected chi connectivity index (χ1v) is 4.77. The Balaban J connectivity index is 2.60. The Hall–Kier alpha value is -0.960. The van der Waals surface area contributed by atoms with Crippen LogP contribution in [0.2, 0.25) is 0 Å². The fourth-order valence-electron chi connectivity index (χ4n) is 1.16. The van der Waals surface area contributed by atoms with Gasteiger partial charge in [-0.25, -0.2) is 0 Å². The van der Waals surface area contributed by atoms with Gasteiger partial charge in [-0.1, -0.05) is 24.4 Å². The highest BCUT2D eigenvalue weighted by Gasteiger charge is 2.02. The van der Waals surface area contributed by atoms with Gasteiger partial charge in [-0.2, -0.15) is 0 Å². The van der Waals surface area contributed by atoms with Gasteiger partial charge < -0.3 is 0 Å². The van der Waals surface area contributed by atoms with Gasteiger partial charge in [0.05, 0.1) is 4.70 Å². The molecular formula is C9H10N2S. The number of rotatable bonds is 1. The monoisotopic (exact) mass is 178 g/mol. The fourth-order valence-corrected chi connectivity index (χ4v) is 1.70. The van der Waals surface area contributed by atoms with E-state index in [-0.39, 0.29) is 0 Å². The van der Waals surface area contributed by atoms with Crippen LogP contribution in [-0.2, 0) is 0 Å². The molecule has 3 heteroatoms. The third kappa shape index (κ3) is 1.20. The van der Waals surface area contributed by atoms with E-state index in [0.717, 1.165) is 5.52 Å². The van der Waals surface area contributed by atoms with Crippen molar-refractivity contribution in [2.75, 3.05) is 0 Å². The Morgan fingerprint density at radius 1 is 1.33 bits per heavy atom. The summed E-state index contributed by atoms with van der Waals surface area (Å²) in [5.41, 5.74) is 2.35. The lowest BCUT2D eigenvalue weighted by atomic mass is 10.0. The smallest absolute Gasteiger partial charge is 0.106 e. The van der Waals surface area contributed by atoms with Crippen LogP contribution in [0.25, 0.3) is 10.2 Å². The van der Waals surface area contributed by atoms with Crippen molar-refractivity contribution in [1.82, 2.24) is 9.59 Å². The molecule has 0 bridgehead atoms. The molecule has 0 unspecified atom stereocenters. The van der Waals surface area contributed by atoms with Gasteiger partial charge in [-0.05, 0) is 35.1 Å². The second-order valence-electron chi connectivity index (χ2n) is 3.15. The van der Waals surface area contributed by atoms with Gasteiger partial charge in [0.1, 0.15) is 5.52 Å². The standard InChI is InChI=1S/C9H10N2S/c1-6(2)7-3-4-9-8(5-7)10-11-12-9/h3-6H,1-2H3. The minimum atomic E-state index is 0.566. The van der Waals surface area contributed by atoms with Crippen molar-refractivity contribution in [1.29, 1.82) is 0 Å². The van der Waals surface area contributed by atoms with Crippen molar-refractivity contribution in [3.63, 3.8) is 0 Å². The zero-order valence-electron chi connectivity index (χ0n) is 7.11. The van der Waals surface area contributed by atoms with E-state index < -0.39 is 0 Å². The third-order valence-electron chi connectivity index (χ3n) is 1.94. The number of hydrogen-bond donors (Lipinski definition) is 0. The van der Waals surface area contributed by atoms with Gasteiger partial charge in [0, 0.05) is 0 Å². The van der Waals surface area contributed by atoms with Crippen LogP contribution in [-0.4, -0.2) is 9.59 Å². The summed E-state index contributed by atoms with van der Waals surface area (Å²) < 4.78 is 5.06. The molecule has 0 aliphatic rings. The molecule has 0 amide bonds. The Bertz CT molecular complexity index is 392. The van der Waals surface area contributed by atoms with E-state index in [1.165, 1.54) is 21.8 Å². The zero-order chi connectivity index (χ0) is 8.55. The SMILES string of the molecule is CC(C)c1ccc2snnc2c1. The van der Waals surface area contributed by atoms with Gasteiger partial charge in [0.2, 0.25) is 0 Å². The summed E-state index contributed by atoms with van der Waals surface area (Å²) in [4.78, 5) is 0. The van der Waals surface area contributed by atoms with Gasteiger partial charge in [0.15, 0.2) is 0 Å². The molecule has 2 nitrogen and oxygen atoms in total. The highest BCUT2D eigenvalue weighted by molar-refractivity contribution is 7.12. The Kier molecular flexibility index (Phi) is 1.81. The molecule has 0 radical (unpaired) electrons. The molecular weight excluding hydrogens is 168 g/mol. The molecule has 12 heavy (non-hydrogen) atoms. The summed E-state index contributed by atoms with van der Waals surface area (Å²) in [6.45, 7) is 4.36. The van der Waals surface area contributed by atoms with E-state index >= 15 is 0 Å². The number of fused-ring (bicyclic) bond motifs is 1. The maximum Gasteiger partial charge on any atom is 0.106 e. The Morgan fingerprint density at radius 3 is 2.92 bits per heavy atom. The topological polar surface area (TPSA) is 25.8 Å². The number of nitrogens with zero attached hydrogens (tertiary/aromatic N) is 2. The van der Waals surface area contributed by atoms with E-state index in [4.69, 9.17) is 0 Å². The Morgan fingerprint density at radius 2 is 2.17 bits per heavy atom. The molecule has 0 N–H and O–H groups in total. The maximum absolute atomic E-state index is 4.03. The average molecular weight is 178 g/mol. The summed E-state index contributed by atoms with van der Waals surface area (Å²) in [6, 6.07) is 6.35. The second-order valence-corrected chi connectivity index (χ2v) is 3.94. The first-order chi connectivity index (χ1) is 5.77. The molecule has 0 aliphatic heterocycles. The molecule has 0 saturated carbocycles. The lowest BCUT2D eigenvalue weighted by molar-refractivity contribution is 0.868. The zero-order valence-corrected chi connectivity index (χ0v) is 7.93. The van der Waals surface area contributed by atoms with Crippen LogP contribution in [0.3, 0.4) is 0 Å². The normalized spacial score (nSPS) is 11.2. The lowest BCUT2D eigenvalue weighted by Crippen LogP contribution is -1.85. The summed E-state index contributed by atoms with van der Waals surface area (Å²) in [5, 5.41) is 4.03. The van der Waals surface area contributed by atoms with Crippen LogP contribution < -0.4 is 0 Å². The molecule has 0 fully saturated rings. The predicted octanol–water partition coefficient (Wildman–Crippen LogP) is 2.81. The molecule has 0 aliphatic carbocycles. The van der Waals surface area contributed by atoms with E-state index in [0.29, 0.717) is 5.92 Å². The molecule has 1 aromatic carbocycles. The predicted molar refractivity (Wildman–Crippen MR) is 51.5 cm³/mol. The number of benzene rings is 1. The third-order valence-corrected chi connectivity index (χ3v) is 2.64. The fraction of sp³-hybridized carbons (Fsp3) is 0.333. The van der Waals surface area contributed by atoms with Gasteiger partial charge in [-0.15, -0.1) is 5.10 Å². The summed E-state index contributed by atoms with van der Waals surface area (Å²) >= 11 is 1.45. The van der Waals surface area contributed by atoms with Crippen LogP contribution in [0.4, 0.5) is 0 Å². The molecule has 0 saturated heterocycles. The number of aromatic nitrogens is 2. The van der Waals surface area contributed by atoms with Crippen molar-refractivity contribution in [2.24, 2.45) is 0 Å². The van der Waals surface area contributed by atoms with E-state index in [1.807, 2.05) is 0 Å². The van der Waals surface area contributed by atoms with Crippen LogP contribution in [0.1, 0.15) is 25.3 Å². The summed E-state index contributed by atoms with van der Waals surface area (Å²) in [6.07, 6.45) is 0.